The smallest absolute Gasteiger partial charge is 0.213 e. The summed E-state index contributed by atoms with van der Waals surface area (Å²) in [6, 6.07) is 3.69. The standard InChI is InChI=1S/C19H32N4O5S/c1-20-19(21-8-9-29(24,25)23-13-14-6-5-7-14)22-12-15-10-16(26-2)18(28-4)17(11-15)27-3/h10-11,14,23H,5-9,12-13H2,1-4H3,(H2,20,21,22). The van der Waals surface area contributed by atoms with E-state index in [-0.39, 0.29) is 12.3 Å². The van der Waals surface area contributed by atoms with Crippen LogP contribution in [0.1, 0.15) is 24.8 Å². The molecule has 0 aliphatic heterocycles. The maximum Gasteiger partial charge on any atom is 0.213 e. The average Bonchev–Trinajstić information content (AvgIpc) is 2.68. The minimum atomic E-state index is -3.29. The minimum absolute atomic E-state index is 0.00932. The van der Waals surface area contributed by atoms with E-state index in [4.69, 9.17) is 14.2 Å². The molecule has 1 aliphatic carbocycles. The van der Waals surface area contributed by atoms with Crippen LogP contribution in [0, 0.1) is 5.92 Å². The molecule has 0 amide bonds. The molecule has 0 atom stereocenters. The molecule has 1 aromatic carbocycles. The van der Waals surface area contributed by atoms with Gasteiger partial charge in [-0.3, -0.25) is 4.99 Å². The van der Waals surface area contributed by atoms with E-state index in [1.807, 2.05) is 12.1 Å². The highest BCUT2D eigenvalue weighted by molar-refractivity contribution is 7.89. The number of aliphatic imine (C=N–C) groups is 1. The van der Waals surface area contributed by atoms with Gasteiger partial charge in [-0.2, -0.15) is 0 Å². The summed E-state index contributed by atoms with van der Waals surface area (Å²) >= 11 is 0. The van der Waals surface area contributed by atoms with Gasteiger partial charge in [-0.1, -0.05) is 6.42 Å². The molecule has 0 unspecified atom stereocenters. The molecule has 1 fully saturated rings. The SMILES string of the molecule is CN=C(NCCS(=O)(=O)NCC1CCC1)NCc1cc(OC)c(OC)c(OC)c1. The summed E-state index contributed by atoms with van der Waals surface area (Å²) in [6.45, 7) is 1.24. The van der Waals surface area contributed by atoms with Crippen molar-refractivity contribution in [3.8, 4) is 17.2 Å². The van der Waals surface area contributed by atoms with Crippen molar-refractivity contribution in [3.63, 3.8) is 0 Å². The zero-order valence-corrected chi connectivity index (χ0v) is 18.4. The third-order valence-corrected chi connectivity index (χ3v) is 6.24. The van der Waals surface area contributed by atoms with E-state index in [9.17, 15) is 8.42 Å². The fourth-order valence-electron chi connectivity index (χ4n) is 2.96. The normalized spacial score (nSPS) is 14.8. The van der Waals surface area contributed by atoms with Crippen molar-refractivity contribution < 1.29 is 22.6 Å². The maximum absolute atomic E-state index is 12.1. The van der Waals surface area contributed by atoms with E-state index < -0.39 is 10.0 Å². The Labute approximate surface area is 173 Å². The zero-order chi connectivity index (χ0) is 21.3. The number of sulfonamides is 1. The first-order valence-corrected chi connectivity index (χ1v) is 11.3. The van der Waals surface area contributed by atoms with Crippen LogP contribution in [0.5, 0.6) is 17.2 Å². The molecule has 0 saturated heterocycles. The van der Waals surface area contributed by atoms with E-state index in [0.717, 1.165) is 18.4 Å². The second-order valence-corrected chi connectivity index (χ2v) is 8.78. The predicted octanol–water partition coefficient (Wildman–Crippen LogP) is 1.10. The third kappa shape index (κ3) is 6.97. The minimum Gasteiger partial charge on any atom is -0.493 e. The summed E-state index contributed by atoms with van der Waals surface area (Å²) in [6.07, 6.45) is 3.42. The van der Waals surface area contributed by atoms with Gasteiger partial charge < -0.3 is 24.8 Å². The number of guanidine groups is 1. The van der Waals surface area contributed by atoms with Crippen LogP contribution in [0.3, 0.4) is 0 Å². The number of hydrogen-bond donors (Lipinski definition) is 3. The quantitative estimate of drug-likeness (QED) is 0.358. The summed E-state index contributed by atoms with van der Waals surface area (Å²) in [5.41, 5.74) is 0.900. The molecule has 0 heterocycles. The number of methoxy groups -OCH3 is 3. The monoisotopic (exact) mass is 428 g/mol. The van der Waals surface area contributed by atoms with Crippen molar-refractivity contribution in [3.05, 3.63) is 17.7 Å². The zero-order valence-electron chi connectivity index (χ0n) is 17.6. The summed E-state index contributed by atoms with van der Waals surface area (Å²) in [5, 5.41) is 6.18. The Kier molecular flexibility index (Phi) is 8.84. The molecule has 0 radical (unpaired) electrons. The Hall–Kier alpha value is -2.20. The third-order valence-electron chi connectivity index (χ3n) is 4.89. The Balaban J connectivity index is 1.84. The number of benzene rings is 1. The molecule has 0 spiro atoms. The number of rotatable bonds is 11. The molecule has 9 nitrogen and oxygen atoms in total. The summed E-state index contributed by atoms with van der Waals surface area (Å²) < 4.78 is 42.9. The molecule has 3 N–H and O–H groups in total. The number of nitrogens with one attached hydrogen (secondary N) is 3. The maximum atomic E-state index is 12.1. The predicted molar refractivity (Wildman–Crippen MR) is 113 cm³/mol. The van der Waals surface area contributed by atoms with E-state index in [0.29, 0.717) is 42.2 Å². The van der Waals surface area contributed by atoms with Gasteiger partial charge in [-0.15, -0.1) is 0 Å². The van der Waals surface area contributed by atoms with Crippen molar-refractivity contribution in [1.82, 2.24) is 15.4 Å². The molecule has 0 aromatic heterocycles. The molecular formula is C19H32N4O5S. The first kappa shape index (κ1) is 23.1. The Morgan fingerprint density at radius 2 is 1.76 bits per heavy atom. The fraction of sp³-hybridized carbons (Fsp3) is 0.632. The fourth-order valence-corrected chi connectivity index (χ4v) is 3.97. The summed E-state index contributed by atoms with van der Waals surface area (Å²) in [5.74, 6) is 2.65. The molecule has 1 aromatic rings. The lowest BCUT2D eigenvalue weighted by molar-refractivity contribution is 0.316. The Morgan fingerprint density at radius 3 is 2.24 bits per heavy atom. The molecule has 164 valence electrons. The second kappa shape index (κ2) is 11.1. The van der Waals surface area contributed by atoms with Gasteiger partial charge in [-0.05, 0) is 36.5 Å². The molecule has 1 aliphatic rings. The molecule has 1 saturated carbocycles. The van der Waals surface area contributed by atoms with E-state index in [1.165, 1.54) is 6.42 Å². The summed E-state index contributed by atoms with van der Waals surface area (Å²) in [7, 11) is 3.02. The lowest BCUT2D eigenvalue weighted by atomic mass is 9.86. The van der Waals surface area contributed by atoms with Crippen molar-refractivity contribution in [2.45, 2.75) is 25.8 Å². The van der Waals surface area contributed by atoms with Crippen LogP contribution in [-0.2, 0) is 16.6 Å². The van der Waals surface area contributed by atoms with Gasteiger partial charge in [-0.25, -0.2) is 13.1 Å². The largest absolute Gasteiger partial charge is 0.493 e. The van der Waals surface area contributed by atoms with Gasteiger partial charge in [0.1, 0.15) is 0 Å². The van der Waals surface area contributed by atoms with Crippen molar-refractivity contribution in [1.29, 1.82) is 0 Å². The highest BCUT2D eigenvalue weighted by Crippen LogP contribution is 2.38. The van der Waals surface area contributed by atoms with Crippen LogP contribution < -0.4 is 29.6 Å². The van der Waals surface area contributed by atoms with Crippen LogP contribution >= 0.6 is 0 Å². The lowest BCUT2D eigenvalue weighted by Gasteiger charge is -2.25. The van der Waals surface area contributed by atoms with Crippen LogP contribution in [0.25, 0.3) is 0 Å². The van der Waals surface area contributed by atoms with Crippen LogP contribution in [0.4, 0.5) is 0 Å². The van der Waals surface area contributed by atoms with E-state index >= 15 is 0 Å². The number of nitrogens with zero attached hydrogens (tertiary/aromatic N) is 1. The van der Waals surface area contributed by atoms with Crippen molar-refractivity contribution in [2.24, 2.45) is 10.9 Å². The average molecular weight is 429 g/mol. The topological polar surface area (TPSA) is 110 Å². The number of hydrogen-bond acceptors (Lipinski definition) is 6. The molecule has 2 rings (SSSR count). The highest BCUT2D eigenvalue weighted by atomic mass is 32.2. The Bertz CT molecular complexity index is 769. The second-order valence-electron chi connectivity index (χ2n) is 6.85. The molecule has 29 heavy (non-hydrogen) atoms. The lowest BCUT2D eigenvalue weighted by Crippen LogP contribution is -2.41. The van der Waals surface area contributed by atoms with Crippen molar-refractivity contribution in [2.75, 3.05) is 47.2 Å². The Morgan fingerprint density at radius 1 is 1.10 bits per heavy atom. The first-order chi connectivity index (χ1) is 13.9. The van der Waals surface area contributed by atoms with Crippen molar-refractivity contribution >= 4 is 16.0 Å². The van der Waals surface area contributed by atoms with Crippen LogP contribution in [0.2, 0.25) is 0 Å². The molecule has 0 bridgehead atoms. The van der Waals surface area contributed by atoms with Gasteiger partial charge in [0.2, 0.25) is 15.8 Å². The highest BCUT2D eigenvalue weighted by Gasteiger charge is 2.20. The van der Waals surface area contributed by atoms with Gasteiger partial charge >= 0.3 is 0 Å². The molecule has 10 heteroatoms. The van der Waals surface area contributed by atoms with Gasteiger partial charge in [0.05, 0.1) is 27.1 Å². The number of ether oxygens (including phenoxy) is 3. The van der Waals surface area contributed by atoms with E-state index in [1.54, 1.807) is 28.4 Å². The first-order valence-electron chi connectivity index (χ1n) is 9.63. The summed E-state index contributed by atoms with van der Waals surface area (Å²) in [4.78, 5) is 4.13. The van der Waals surface area contributed by atoms with E-state index in [2.05, 4.69) is 20.3 Å². The van der Waals surface area contributed by atoms with Gasteiger partial charge in [0.25, 0.3) is 0 Å². The van der Waals surface area contributed by atoms with Gasteiger partial charge in [0, 0.05) is 26.7 Å². The van der Waals surface area contributed by atoms with Gasteiger partial charge in [0.15, 0.2) is 17.5 Å². The van der Waals surface area contributed by atoms with Crippen LogP contribution in [-0.4, -0.2) is 61.6 Å². The van der Waals surface area contributed by atoms with Crippen LogP contribution in [0.15, 0.2) is 17.1 Å². The molecular weight excluding hydrogens is 396 g/mol.